The van der Waals surface area contributed by atoms with Crippen LogP contribution in [0.25, 0.3) is 0 Å². The minimum absolute atomic E-state index is 0. The van der Waals surface area contributed by atoms with Gasteiger partial charge < -0.3 is 19.7 Å². The number of nitrogens with zero attached hydrogens (tertiary/aromatic N) is 2. The monoisotopic (exact) mass is 493 g/mol. The highest BCUT2D eigenvalue weighted by Crippen LogP contribution is 2.29. The summed E-state index contributed by atoms with van der Waals surface area (Å²) in [5.41, 5.74) is 1.43. The molecule has 1 aliphatic heterocycles. The van der Waals surface area contributed by atoms with Gasteiger partial charge in [-0.3, -0.25) is 4.99 Å². The lowest BCUT2D eigenvalue weighted by Crippen LogP contribution is -2.50. The molecule has 1 heterocycles. The van der Waals surface area contributed by atoms with Gasteiger partial charge >= 0.3 is 5.97 Å². The van der Waals surface area contributed by atoms with Crippen molar-refractivity contribution >= 4 is 47.7 Å². The molecular weight excluding hydrogens is 465 g/mol. The summed E-state index contributed by atoms with van der Waals surface area (Å²) in [5.74, 6) is 2.09. The number of thioether (sulfide) groups is 1. The fourth-order valence-corrected chi connectivity index (χ4v) is 3.95. The van der Waals surface area contributed by atoms with E-state index < -0.39 is 5.97 Å². The fourth-order valence-electron chi connectivity index (χ4n) is 2.83. The van der Waals surface area contributed by atoms with Crippen LogP contribution >= 0.6 is 35.7 Å². The van der Waals surface area contributed by atoms with Crippen molar-refractivity contribution in [3.8, 4) is 5.75 Å². The molecule has 0 bridgehead atoms. The summed E-state index contributed by atoms with van der Waals surface area (Å²) < 4.78 is 10.3. The van der Waals surface area contributed by atoms with Crippen LogP contribution in [0, 0.1) is 0 Å². The lowest BCUT2D eigenvalue weighted by atomic mass is 10.1. The number of ether oxygens (including phenoxy) is 2. The Bertz CT molecular complexity index is 653. The van der Waals surface area contributed by atoms with E-state index in [9.17, 15) is 4.79 Å². The number of hydrogen-bond donors (Lipinski definition) is 1. The maximum absolute atomic E-state index is 11.7. The molecule has 1 aliphatic rings. The van der Waals surface area contributed by atoms with Gasteiger partial charge in [-0.05, 0) is 31.5 Å². The molecule has 0 spiro atoms. The van der Waals surface area contributed by atoms with Crippen molar-refractivity contribution < 1.29 is 14.3 Å². The average Bonchev–Trinajstić information content (AvgIpc) is 2.60. The zero-order valence-electron chi connectivity index (χ0n) is 16.0. The summed E-state index contributed by atoms with van der Waals surface area (Å²) in [6, 6.07) is 5.47. The predicted molar refractivity (Wildman–Crippen MR) is 118 cm³/mol. The number of carbonyl (C=O) groups excluding carboxylic acids is 1. The van der Waals surface area contributed by atoms with E-state index in [1.807, 2.05) is 23.9 Å². The smallest absolute Gasteiger partial charge is 0.341 e. The molecule has 6 nitrogen and oxygen atoms in total. The van der Waals surface area contributed by atoms with Gasteiger partial charge in [-0.1, -0.05) is 6.07 Å². The summed E-state index contributed by atoms with van der Waals surface area (Å²) in [5, 5.41) is 3.40. The first kappa shape index (κ1) is 22.9. The van der Waals surface area contributed by atoms with Crippen molar-refractivity contribution in [3.63, 3.8) is 0 Å². The Morgan fingerprint density at radius 1 is 1.38 bits per heavy atom. The third-order valence-electron chi connectivity index (χ3n) is 4.06. The third-order valence-corrected chi connectivity index (χ3v) is 5.36. The van der Waals surface area contributed by atoms with E-state index in [-0.39, 0.29) is 28.7 Å². The molecule has 0 unspecified atom stereocenters. The highest BCUT2D eigenvalue weighted by molar-refractivity contribution is 14.0. The molecule has 2 rings (SSSR count). The molecule has 1 saturated heterocycles. The topological polar surface area (TPSA) is 63.2 Å². The van der Waals surface area contributed by atoms with Crippen LogP contribution in [0.2, 0.25) is 0 Å². The Morgan fingerprint density at radius 3 is 2.69 bits per heavy atom. The highest BCUT2D eigenvalue weighted by atomic mass is 127. The number of guanidine groups is 1. The van der Waals surface area contributed by atoms with Gasteiger partial charge in [0.05, 0.1) is 14.2 Å². The number of rotatable bonds is 4. The summed E-state index contributed by atoms with van der Waals surface area (Å²) >= 11 is 1.99. The molecule has 0 aliphatic carbocycles. The van der Waals surface area contributed by atoms with Gasteiger partial charge in [0, 0.05) is 37.2 Å². The molecule has 1 aromatic rings. The molecule has 26 heavy (non-hydrogen) atoms. The maximum Gasteiger partial charge on any atom is 0.341 e. The number of hydrogen-bond acceptors (Lipinski definition) is 5. The normalized spacial score (nSPS) is 16.5. The fraction of sp³-hybridized carbons (Fsp3) is 0.556. The molecule has 1 aromatic carbocycles. The number of halogens is 1. The number of aliphatic imine (C=N–C) groups is 1. The van der Waals surface area contributed by atoms with Crippen molar-refractivity contribution in [1.29, 1.82) is 0 Å². The van der Waals surface area contributed by atoms with Gasteiger partial charge in [-0.2, -0.15) is 11.8 Å². The van der Waals surface area contributed by atoms with Crippen molar-refractivity contribution in [2.24, 2.45) is 4.99 Å². The van der Waals surface area contributed by atoms with E-state index in [4.69, 9.17) is 9.47 Å². The Labute approximate surface area is 177 Å². The van der Waals surface area contributed by atoms with Crippen molar-refractivity contribution in [1.82, 2.24) is 10.2 Å². The van der Waals surface area contributed by atoms with Crippen LogP contribution in [0.1, 0.15) is 29.8 Å². The molecular formula is C18H28IN3O3S. The van der Waals surface area contributed by atoms with Gasteiger partial charge in [-0.15, -0.1) is 24.0 Å². The van der Waals surface area contributed by atoms with Crippen LogP contribution in [-0.2, 0) is 11.3 Å². The molecule has 0 radical (unpaired) electrons. The molecule has 0 atom stereocenters. The van der Waals surface area contributed by atoms with Crippen LogP contribution in [-0.4, -0.2) is 61.7 Å². The van der Waals surface area contributed by atoms with E-state index in [1.165, 1.54) is 7.11 Å². The lowest BCUT2D eigenvalue weighted by Gasteiger charge is -2.39. The van der Waals surface area contributed by atoms with Crippen LogP contribution in [0.5, 0.6) is 5.75 Å². The first-order valence-electron chi connectivity index (χ1n) is 8.25. The molecule has 0 aromatic heterocycles. The van der Waals surface area contributed by atoms with Crippen molar-refractivity contribution in [2.75, 3.05) is 40.1 Å². The van der Waals surface area contributed by atoms with Crippen molar-refractivity contribution in [3.05, 3.63) is 29.3 Å². The first-order valence-corrected chi connectivity index (χ1v) is 9.23. The van der Waals surface area contributed by atoms with Gasteiger partial charge in [0.25, 0.3) is 0 Å². The average molecular weight is 493 g/mol. The second kappa shape index (κ2) is 10.2. The van der Waals surface area contributed by atoms with Crippen LogP contribution in [0.15, 0.2) is 23.2 Å². The Hall–Kier alpha value is -1.16. The highest BCUT2D eigenvalue weighted by Gasteiger charge is 2.28. The van der Waals surface area contributed by atoms with Crippen LogP contribution in [0.4, 0.5) is 0 Å². The van der Waals surface area contributed by atoms with E-state index in [2.05, 4.69) is 29.1 Å². The number of carbonyl (C=O) groups is 1. The van der Waals surface area contributed by atoms with Gasteiger partial charge in [0.15, 0.2) is 5.96 Å². The Kier molecular flexibility index (Phi) is 9.02. The Morgan fingerprint density at radius 2 is 2.12 bits per heavy atom. The summed E-state index contributed by atoms with van der Waals surface area (Å²) in [4.78, 5) is 18.4. The van der Waals surface area contributed by atoms with Gasteiger partial charge in [-0.25, -0.2) is 4.79 Å². The minimum Gasteiger partial charge on any atom is -0.496 e. The summed E-state index contributed by atoms with van der Waals surface area (Å²) in [6.07, 6.45) is 0. The largest absolute Gasteiger partial charge is 0.496 e. The second-order valence-corrected chi connectivity index (χ2v) is 8.26. The second-order valence-electron chi connectivity index (χ2n) is 6.46. The lowest BCUT2D eigenvalue weighted by molar-refractivity contribution is 0.0597. The number of methoxy groups -OCH3 is 2. The van der Waals surface area contributed by atoms with E-state index in [0.29, 0.717) is 17.9 Å². The van der Waals surface area contributed by atoms with Crippen LogP contribution < -0.4 is 10.1 Å². The summed E-state index contributed by atoms with van der Waals surface area (Å²) in [7, 11) is 4.71. The number of esters is 1. The van der Waals surface area contributed by atoms with Crippen LogP contribution in [0.3, 0.4) is 0 Å². The van der Waals surface area contributed by atoms with Crippen molar-refractivity contribution in [2.45, 2.75) is 25.1 Å². The standard InChI is InChI=1S/C18H27N3O3S.HI/c1-18(2)12-21(8-9-25-18)17(19-3)20-11-13-6-7-14(16(22)24-5)15(10-13)23-4;/h6-7,10H,8-9,11-12H2,1-5H3,(H,19,20);1H. The van der Waals surface area contributed by atoms with E-state index in [0.717, 1.165) is 30.4 Å². The molecule has 0 saturated carbocycles. The maximum atomic E-state index is 11.7. The minimum atomic E-state index is -0.403. The van der Waals surface area contributed by atoms with Gasteiger partial charge in [0.1, 0.15) is 11.3 Å². The van der Waals surface area contributed by atoms with E-state index in [1.54, 1.807) is 20.2 Å². The molecule has 8 heteroatoms. The molecule has 1 N–H and O–H groups in total. The number of benzene rings is 1. The molecule has 1 fully saturated rings. The van der Waals surface area contributed by atoms with Gasteiger partial charge in [0.2, 0.25) is 0 Å². The predicted octanol–water partition coefficient (Wildman–Crippen LogP) is 3.00. The molecule has 0 amide bonds. The zero-order valence-corrected chi connectivity index (χ0v) is 19.1. The molecule has 146 valence electrons. The van der Waals surface area contributed by atoms with E-state index >= 15 is 0 Å². The number of nitrogens with one attached hydrogen (secondary N) is 1. The quantitative estimate of drug-likeness (QED) is 0.301. The SMILES string of the molecule is CN=C(NCc1ccc(C(=O)OC)c(OC)c1)N1CCSC(C)(C)C1.I. The summed E-state index contributed by atoms with van der Waals surface area (Å²) in [6.45, 7) is 7.07. The zero-order chi connectivity index (χ0) is 18.4. The Balaban J connectivity index is 0.00000338. The third kappa shape index (κ3) is 5.94. The first-order chi connectivity index (χ1) is 11.9.